The van der Waals surface area contributed by atoms with Crippen LogP contribution in [0.25, 0.3) is 0 Å². The molecule has 1 unspecified atom stereocenters. The maximum Gasteiger partial charge on any atom is 0.337 e. The van der Waals surface area contributed by atoms with Gasteiger partial charge in [0.05, 0.1) is 34.9 Å². The van der Waals surface area contributed by atoms with E-state index in [9.17, 15) is 19.5 Å². The van der Waals surface area contributed by atoms with E-state index in [1.807, 2.05) is 19.1 Å². The van der Waals surface area contributed by atoms with Crippen LogP contribution in [0, 0.1) is 0 Å². The standard InChI is InChI=1S/C24H20ClNO7S/c1-13(15-4-2-3-5-19(15)32-9-8-27)33-14-6-7-17(25)18(10-14)26-21(28)11-20-22(23(26)29)16(12-34-20)24(30)31/h2-7,10,12-13,27H,8-9,11H2,1H3,(H,30,31). The van der Waals surface area contributed by atoms with E-state index in [-0.39, 0.29) is 41.5 Å². The zero-order valence-corrected chi connectivity index (χ0v) is 19.6. The zero-order valence-electron chi connectivity index (χ0n) is 18.0. The summed E-state index contributed by atoms with van der Waals surface area (Å²) in [7, 11) is 0. The smallest absolute Gasteiger partial charge is 0.337 e. The summed E-state index contributed by atoms with van der Waals surface area (Å²) in [5.74, 6) is -1.57. The normalized spacial score (nSPS) is 14.0. The van der Waals surface area contributed by atoms with E-state index in [4.69, 9.17) is 26.2 Å². The van der Waals surface area contributed by atoms with Gasteiger partial charge in [0.15, 0.2) is 0 Å². The number of hydrogen-bond acceptors (Lipinski definition) is 7. The van der Waals surface area contributed by atoms with Gasteiger partial charge in [-0.1, -0.05) is 29.8 Å². The van der Waals surface area contributed by atoms with E-state index in [0.29, 0.717) is 16.4 Å². The Bertz CT molecular complexity index is 1270. The van der Waals surface area contributed by atoms with E-state index in [2.05, 4.69) is 0 Å². The van der Waals surface area contributed by atoms with Gasteiger partial charge in [-0.3, -0.25) is 9.59 Å². The number of carboxylic acid groups (broad SMARTS) is 1. The van der Waals surface area contributed by atoms with Crippen molar-refractivity contribution in [2.75, 3.05) is 18.1 Å². The Morgan fingerprint density at radius 2 is 2.00 bits per heavy atom. The molecule has 0 saturated heterocycles. The number of carbonyl (C=O) groups excluding carboxylic acids is 2. The summed E-state index contributed by atoms with van der Waals surface area (Å²) >= 11 is 7.41. The minimum atomic E-state index is -1.24. The van der Waals surface area contributed by atoms with Gasteiger partial charge in [0.25, 0.3) is 5.91 Å². The number of aliphatic hydroxyl groups excluding tert-OH is 1. The molecule has 176 valence electrons. The number of benzene rings is 2. The van der Waals surface area contributed by atoms with Crippen molar-refractivity contribution >= 4 is 46.4 Å². The van der Waals surface area contributed by atoms with Crippen LogP contribution < -0.4 is 14.4 Å². The molecule has 4 rings (SSSR count). The molecular formula is C24H20ClNO7S. The highest BCUT2D eigenvalue weighted by molar-refractivity contribution is 7.11. The van der Waals surface area contributed by atoms with Crippen molar-refractivity contribution in [1.29, 1.82) is 0 Å². The fourth-order valence-corrected chi connectivity index (χ4v) is 4.92. The quantitative estimate of drug-likeness (QED) is 0.441. The van der Waals surface area contributed by atoms with Crippen molar-refractivity contribution in [2.24, 2.45) is 0 Å². The molecule has 1 aromatic heterocycles. The second kappa shape index (κ2) is 9.84. The van der Waals surface area contributed by atoms with Crippen LogP contribution in [0.2, 0.25) is 5.02 Å². The van der Waals surface area contributed by atoms with E-state index < -0.39 is 23.9 Å². The van der Waals surface area contributed by atoms with Crippen molar-refractivity contribution in [3.63, 3.8) is 0 Å². The lowest BCUT2D eigenvalue weighted by atomic mass is 10.0. The van der Waals surface area contributed by atoms with Gasteiger partial charge in [-0.05, 0) is 25.1 Å². The summed E-state index contributed by atoms with van der Waals surface area (Å²) in [5, 5.41) is 20.0. The summed E-state index contributed by atoms with van der Waals surface area (Å²) in [6.45, 7) is 1.82. The second-order valence-electron chi connectivity index (χ2n) is 7.45. The molecule has 0 bridgehead atoms. The van der Waals surface area contributed by atoms with Crippen LogP contribution in [-0.4, -0.2) is 41.2 Å². The van der Waals surface area contributed by atoms with Crippen LogP contribution in [0.15, 0.2) is 47.8 Å². The zero-order chi connectivity index (χ0) is 24.4. The minimum Gasteiger partial charge on any atom is -0.491 e. The van der Waals surface area contributed by atoms with Crippen LogP contribution in [0.3, 0.4) is 0 Å². The first-order valence-corrected chi connectivity index (χ1v) is 11.6. The Labute approximate surface area is 203 Å². The average molecular weight is 502 g/mol. The van der Waals surface area contributed by atoms with Crippen molar-refractivity contribution < 1.29 is 34.1 Å². The number of aromatic carboxylic acids is 1. The van der Waals surface area contributed by atoms with Gasteiger partial charge >= 0.3 is 5.97 Å². The van der Waals surface area contributed by atoms with Gasteiger partial charge < -0.3 is 19.7 Å². The highest BCUT2D eigenvalue weighted by Crippen LogP contribution is 2.38. The Morgan fingerprint density at radius 3 is 2.74 bits per heavy atom. The molecule has 2 heterocycles. The number of carbonyl (C=O) groups is 3. The number of thiophene rings is 1. The average Bonchev–Trinajstić information content (AvgIpc) is 3.24. The van der Waals surface area contributed by atoms with Crippen LogP contribution in [0.1, 0.15) is 44.2 Å². The number of fused-ring (bicyclic) bond motifs is 1. The number of anilines is 1. The van der Waals surface area contributed by atoms with E-state index in [0.717, 1.165) is 21.8 Å². The molecule has 0 aliphatic carbocycles. The number of aliphatic hydroxyl groups is 1. The van der Waals surface area contributed by atoms with Gasteiger partial charge in [0.2, 0.25) is 5.91 Å². The number of imide groups is 1. The maximum absolute atomic E-state index is 13.2. The molecule has 0 radical (unpaired) electrons. The number of ether oxygens (including phenoxy) is 2. The van der Waals surface area contributed by atoms with Crippen molar-refractivity contribution in [3.05, 3.63) is 74.4 Å². The molecule has 0 spiro atoms. The molecule has 3 aromatic rings. The van der Waals surface area contributed by atoms with Gasteiger partial charge in [-0.15, -0.1) is 11.3 Å². The summed E-state index contributed by atoms with van der Waals surface area (Å²) in [4.78, 5) is 38.9. The predicted octanol–water partition coefficient (Wildman–Crippen LogP) is 4.34. The Morgan fingerprint density at radius 1 is 1.24 bits per heavy atom. The maximum atomic E-state index is 13.2. The van der Waals surface area contributed by atoms with Gasteiger partial charge in [0.1, 0.15) is 24.2 Å². The van der Waals surface area contributed by atoms with Crippen molar-refractivity contribution in [3.8, 4) is 11.5 Å². The molecule has 0 fully saturated rings. The monoisotopic (exact) mass is 501 g/mol. The molecule has 10 heteroatoms. The number of halogens is 1. The van der Waals surface area contributed by atoms with Crippen molar-refractivity contribution in [1.82, 2.24) is 0 Å². The SMILES string of the molecule is CC(Oc1ccc(Cl)c(N2C(=O)Cc3scc(C(=O)O)c3C2=O)c1)c1ccccc1OCCO. The van der Waals surface area contributed by atoms with Crippen LogP contribution in [-0.2, 0) is 11.2 Å². The lowest BCUT2D eigenvalue weighted by Gasteiger charge is -2.27. The molecule has 0 saturated carbocycles. The largest absolute Gasteiger partial charge is 0.491 e. The van der Waals surface area contributed by atoms with Crippen molar-refractivity contribution in [2.45, 2.75) is 19.4 Å². The summed E-state index contributed by atoms with van der Waals surface area (Å²) < 4.78 is 11.6. The molecule has 1 aliphatic rings. The third-order valence-corrected chi connectivity index (χ3v) is 6.56. The summed E-state index contributed by atoms with van der Waals surface area (Å²) in [6, 6.07) is 11.8. The molecule has 2 amide bonds. The highest BCUT2D eigenvalue weighted by Gasteiger charge is 2.38. The fraction of sp³-hybridized carbons (Fsp3) is 0.208. The van der Waals surface area contributed by atoms with Crippen LogP contribution in [0.4, 0.5) is 5.69 Å². The Kier molecular flexibility index (Phi) is 6.87. The number of rotatable bonds is 8. The minimum absolute atomic E-state index is 0.00261. The van der Waals surface area contributed by atoms with E-state index in [1.165, 1.54) is 17.5 Å². The number of carboxylic acids is 1. The molecule has 8 nitrogen and oxygen atoms in total. The van der Waals surface area contributed by atoms with E-state index in [1.54, 1.807) is 18.2 Å². The van der Waals surface area contributed by atoms with E-state index >= 15 is 0 Å². The van der Waals surface area contributed by atoms with Gasteiger partial charge in [-0.25, -0.2) is 9.69 Å². The summed E-state index contributed by atoms with van der Waals surface area (Å²) in [6.07, 6.45) is -0.578. The third kappa shape index (κ3) is 4.50. The topological polar surface area (TPSA) is 113 Å². The number of hydrogen-bond donors (Lipinski definition) is 2. The first-order chi connectivity index (χ1) is 16.3. The third-order valence-electron chi connectivity index (χ3n) is 5.25. The first-order valence-electron chi connectivity index (χ1n) is 10.3. The number of para-hydroxylation sites is 1. The van der Waals surface area contributed by atoms with Gasteiger partial charge in [-0.2, -0.15) is 0 Å². The van der Waals surface area contributed by atoms with Crippen LogP contribution in [0.5, 0.6) is 11.5 Å². The molecule has 1 aliphatic heterocycles. The molecular weight excluding hydrogens is 482 g/mol. The number of nitrogens with zero attached hydrogens (tertiary/aromatic N) is 1. The first kappa shape index (κ1) is 23.7. The summed E-state index contributed by atoms with van der Waals surface area (Å²) in [5.41, 5.74) is 0.716. The fourth-order valence-electron chi connectivity index (χ4n) is 3.71. The lowest BCUT2D eigenvalue weighted by Crippen LogP contribution is -2.42. The molecule has 2 N–H and O–H groups in total. The van der Waals surface area contributed by atoms with Crippen LogP contribution >= 0.6 is 22.9 Å². The predicted molar refractivity (Wildman–Crippen MR) is 126 cm³/mol. The molecule has 2 aromatic carbocycles. The van der Waals surface area contributed by atoms with Gasteiger partial charge in [0, 0.05) is 21.9 Å². The number of amides is 2. The Hall–Kier alpha value is -3.40. The second-order valence-corrected chi connectivity index (χ2v) is 8.82. The Balaban J connectivity index is 1.64. The molecule has 34 heavy (non-hydrogen) atoms. The highest BCUT2D eigenvalue weighted by atomic mass is 35.5. The molecule has 1 atom stereocenters. The lowest BCUT2D eigenvalue weighted by molar-refractivity contribution is -0.117.